The maximum Gasteiger partial charge on any atom is 0.229 e. The number of nitrogens with one attached hydrogen (secondary N) is 1. The highest BCUT2D eigenvalue weighted by Gasteiger charge is 2.34. The molecule has 1 aliphatic rings. The number of likely N-dealkylation sites (tertiary alicyclic amines) is 1. The van der Waals surface area contributed by atoms with Gasteiger partial charge in [0.15, 0.2) is 0 Å². The predicted molar refractivity (Wildman–Crippen MR) is 104 cm³/mol. The number of benzene rings is 2. The third kappa shape index (κ3) is 4.17. The molecule has 0 bridgehead atoms. The molecule has 1 aliphatic heterocycles. The van der Waals surface area contributed by atoms with Gasteiger partial charge in [0.05, 0.1) is 17.3 Å². The second-order valence-electron chi connectivity index (χ2n) is 6.71. The summed E-state index contributed by atoms with van der Waals surface area (Å²) in [5.41, 5.74) is 2.58. The highest BCUT2D eigenvalue weighted by molar-refractivity contribution is 6.31. The summed E-state index contributed by atoms with van der Waals surface area (Å²) in [5, 5.41) is 3.49. The Balaban J connectivity index is 1.68. The van der Waals surface area contributed by atoms with Gasteiger partial charge in [0.25, 0.3) is 0 Å². The number of carbonyl (C=O) groups excluding carboxylic acids is 2. The Morgan fingerprint density at radius 1 is 1.23 bits per heavy atom. The topological polar surface area (TPSA) is 52.7 Å². The minimum Gasteiger partial charge on any atom is -0.376 e. The van der Waals surface area contributed by atoms with E-state index in [2.05, 4.69) is 5.32 Å². The maximum atomic E-state index is 12.7. The lowest BCUT2D eigenvalue weighted by Crippen LogP contribution is -2.28. The third-order valence-electron chi connectivity index (χ3n) is 4.50. The molecule has 3 rings (SSSR count). The number of nitrogens with zero attached hydrogens (tertiary/aromatic N) is 2. The summed E-state index contributed by atoms with van der Waals surface area (Å²) >= 11 is 6.07. The minimum absolute atomic E-state index is 0.00734. The first-order valence-corrected chi connectivity index (χ1v) is 8.91. The molecule has 136 valence electrons. The molecule has 1 saturated heterocycles. The first-order valence-electron chi connectivity index (χ1n) is 8.53. The fourth-order valence-corrected chi connectivity index (χ4v) is 3.31. The van der Waals surface area contributed by atoms with Crippen molar-refractivity contribution in [1.29, 1.82) is 0 Å². The fraction of sp³-hybridized carbons (Fsp3) is 0.300. The van der Waals surface area contributed by atoms with Gasteiger partial charge < -0.3 is 15.1 Å². The van der Waals surface area contributed by atoms with Crippen LogP contribution in [0.25, 0.3) is 0 Å². The molecule has 1 heterocycles. The first-order chi connectivity index (χ1) is 12.4. The Morgan fingerprint density at radius 2 is 1.96 bits per heavy atom. The van der Waals surface area contributed by atoms with Crippen LogP contribution in [0, 0.1) is 5.92 Å². The Morgan fingerprint density at radius 3 is 2.65 bits per heavy atom. The molecule has 1 unspecified atom stereocenters. The number of hydrogen-bond donors (Lipinski definition) is 1. The lowest BCUT2D eigenvalue weighted by molar-refractivity contribution is -0.128. The van der Waals surface area contributed by atoms with Gasteiger partial charge in [-0.15, -0.1) is 0 Å². The highest BCUT2D eigenvalue weighted by atomic mass is 35.5. The van der Waals surface area contributed by atoms with E-state index in [-0.39, 0.29) is 24.2 Å². The highest BCUT2D eigenvalue weighted by Crippen LogP contribution is 2.29. The van der Waals surface area contributed by atoms with E-state index in [1.165, 1.54) is 0 Å². The van der Waals surface area contributed by atoms with Crippen molar-refractivity contribution in [3.63, 3.8) is 0 Å². The van der Waals surface area contributed by atoms with Crippen LogP contribution >= 0.6 is 11.6 Å². The third-order valence-corrected chi connectivity index (χ3v) is 4.73. The summed E-state index contributed by atoms with van der Waals surface area (Å²) in [5.74, 6) is -0.507. The van der Waals surface area contributed by atoms with Gasteiger partial charge >= 0.3 is 0 Å². The zero-order valence-electron chi connectivity index (χ0n) is 14.9. The van der Waals surface area contributed by atoms with Crippen molar-refractivity contribution < 1.29 is 9.59 Å². The number of rotatable bonds is 5. The smallest absolute Gasteiger partial charge is 0.229 e. The average Bonchev–Trinajstić information content (AvgIpc) is 2.96. The van der Waals surface area contributed by atoms with Gasteiger partial charge in [-0.05, 0) is 23.8 Å². The minimum atomic E-state index is -0.361. The quantitative estimate of drug-likeness (QED) is 0.876. The number of carbonyl (C=O) groups is 2. The van der Waals surface area contributed by atoms with Crippen LogP contribution in [0.15, 0.2) is 48.5 Å². The lowest BCUT2D eigenvalue weighted by atomic mass is 10.1. The van der Waals surface area contributed by atoms with Crippen molar-refractivity contribution in [2.24, 2.45) is 5.92 Å². The number of halogens is 1. The summed E-state index contributed by atoms with van der Waals surface area (Å²) < 4.78 is 0. The van der Waals surface area contributed by atoms with Gasteiger partial charge in [0.2, 0.25) is 11.8 Å². The molecule has 6 heteroatoms. The normalized spacial score (nSPS) is 16.7. The molecule has 1 N–H and O–H groups in total. The van der Waals surface area contributed by atoms with Gasteiger partial charge in [-0.25, -0.2) is 0 Å². The van der Waals surface area contributed by atoms with Crippen molar-refractivity contribution in [3.05, 3.63) is 59.1 Å². The van der Waals surface area contributed by atoms with E-state index in [1.807, 2.05) is 55.4 Å². The Bertz CT molecular complexity index is 808. The molecule has 2 aromatic carbocycles. The summed E-state index contributed by atoms with van der Waals surface area (Å²) in [7, 11) is 3.80. The molecule has 5 nitrogen and oxygen atoms in total. The maximum absolute atomic E-state index is 12.7. The summed E-state index contributed by atoms with van der Waals surface area (Å²) in [6, 6.07) is 15.2. The second-order valence-corrected chi connectivity index (χ2v) is 7.14. The van der Waals surface area contributed by atoms with E-state index in [4.69, 9.17) is 11.6 Å². The largest absolute Gasteiger partial charge is 0.376 e. The van der Waals surface area contributed by atoms with E-state index < -0.39 is 0 Å². The first kappa shape index (κ1) is 18.3. The molecule has 0 aromatic heterocycles. The van der Waals surface area contributed by atoms with Crippen LogP contribution in [-0.4, -0.2) is 37.4 Å². The van der Waals surface area contributed by atoms with Crippen molar-refractivity contribution in [1.82, 2.24) is 4.90 Å². The second kappa shape index (κ2) is 7.79. The van der Waals surface area contributed by atoms with Crippen LogP contribution in [-0.2, 0) is 16.1 Å². The van der Waals surface area contributed by atoms with E-state index in [0.29, 0.717) is 23.8 Å². The molecule has 1 fully saturated rings. The van der Waals surface area contributed by atoms with Crippen molar-refractivity contribution in [3.8, 4) is 0 Å². The summed E-state index contributed by atoms with van der Waals surface area (Å²) in [6.45, 7) is 0.959. The lowest BCUT2D eigenvalue weighted by Gasteiger charge is -2.20. The van der Waals surface area contributed by atoms with Gasteiger partial charge in [-0.1, -0.05) is 41.9 Å². The molecule has 0 radical (unpaired) electrons. The van der Waals surface area contributed by atoms with E-state index >= 15 is 0 Å². The SMILES string of the molecule is CN(C)c1ccc(Cl)cc1NC(=O)C1CC(=O)N(Cc2ccccc2)C1. The zero-order chi connectivity index (χ0) is 18.7. The number of amides is 2. The van der Waals surface area contributed by atoms with E-state index in [9.17, 15) is 9.59 Å². The Labute approximate surface area is 158 Å². The van der Waals surface area contributed by atoms with E-state index in [0.717, 1.165) is 11.3 Å². The van der Waals surface area contributed by atoms with Crippen LogP contribution < -0.4 is 10.2 Å². The molecule has 2 aromatic rings. The molecule has 26 heavy (non-hydrogen) atoms. The van der Waals surface area contributed by atoms with Crippen molar-refractivity contribution >= 4 is 34.8 Å². The summed E-state index contributed by atoms with van der Waals surface area (Å²) in [4.78, 5) is 28.6. The van der Waals surface area contributed by atoms with Crippen molar-refractivity contribution in [2.45, 2.75) is 13.0 Å². The molecule has 2 amide bonds. The molecule has 0 spiro atoms. The molecule has 1 atom stereocenters. The standard InChI is InChI=1S/C20H22ClN3O2/c1-23(2)18-9-8-16(21)11-17(18)22-20(26)15-10-19(25)24(13-15)12-14-6-4-3-5-7-14/h3-9,11,15H,10,12-13H2,1-2H3,(H,22,26). The monoisotopic (exact) mass is 371 g/mol. The number of anilines is 2. The number of hydrogen-bond acceptors (Lipinski definition) is 3. The van der Waals surface area contributed by atoms with Crippen LogP contribution in [0.2, 0.25) is 5.02 Å². The van der Waals surface area contributed by atoms with Gasteiger partial charge in [-0.2, -0.15) is 0 Å². The van der Waals surface area contributed by atoms with Gasteiger partial charge in [0.1, 0.15) is 0 Å². The van der Waals surface area contributed by atoms with Gasteiger partial charge in [0, 0.05) is 38.6 Å². The van der Waals surface area contributed by atoms with Crippen LogP contribution in [0.1, 0.15) is 12.0 Å². The van der Waals surface area contributed by atoms with Gasteiger partial charge in [-0.3, -0.25) is 9.59 Å². The Kier molecular flexibility index (Phi) is 5.47. The summed E-state index contributed by atoms with van der Waals surface area (Å²) in [6.07, 6.45) is 0.233. The van der Waals surface area contributed by atoms with Crippen LogP contribution in [0.5, 0.6) is 0 Å². The molecular formula is C20H22ClN3O2. The average molecular weight is 372 g/mol. The van der Waals surface area contributed by atoms with Crippen LogP contribution in [0.4, 0.5) is 11.4 Å². The zero-order valence-corrected chi connectivity index (χ0v) is 15.7. The predicted octanol–water partition coefficient (Wildman–Crippen LogP) is 3.39. The van der Waals surface area contributed by atoms with Crippen molar-refractivity contribution in [2.75, 3.05) is 30.9 Å². The van der Waals surface area contributed by atoms with Crippen LogP contribution in [0.3, 0.4) is 0 Å². The molecule has 0 saturated carbocycles. The fourth-order valence-electron chi connectivity index (χ4n) is 3.14. The van der Waals surface area contributed by atoms with E-state index in [1.54, 1.807) is 17.0 Å². The molecular weight excluding hydrogens is 350 g/mol. The Hall–Kier alpha value is -2.53. The molecule has 0 aliphatic carbocycles.